The largest absolute Gasteiger partial charge is 0.493 e. The molecule has 1 unspecified atom stereocenters. The molecular formula is C24H33IN4O3. The average molecular weight is 552 g/mol. The molecule has 1 aliphatic heterocycles. The lowest BCUT2D eigenvalue weighted by molar-refractivity contribution is 0.146. The summed E-state index contributed by atoms with van der Waals surface area (Å²) >= 11 is 0. The molecule has 0 radical (unpaired) electrons. The number of guanidine groups is 1. The summed E-state index contributed by atoms with van der Waals surface area (Å²) in [5, 5.41) is 6.81. The zero-order valence-corrected chi connectivity index (χ0v) is 21.1. The number of benzene rings is 1. The van der Waals surface area contributed by atoms with E-state index >= 15 is 0 Å². The number of rotatable bonds is 9. The van der Waals surface area contributed by atoms with Gasteiger partial charge in [0.05, 0.1) is 19.4 Å². The van der Waals surface area contributed by atoms with Crippen LogP contribution < -0.4 is 20.1 Å². The molecule has 1 fully saturated rings. The van der Waals surface area contributed by atoms with Gasteiger partial charge in [-0.25, -0.2) is 0 Å². The molecule has 3 rings (SSSR count). The smallest absolute Gasteiger partial charge is 0.191 e. The van der Waals surface area contributed by atoms with Crippen LogP contribution in [0.3, 0.4) is 0 Å². The molecule has 8 heteroatoms. The van der Waals surface area contributed by atoms with Gasteiger partial charge in [0.15, 0.2) is 17.5 Å². The predicted molar refractivity (Wildman–Crippen MR) is 138 cm³/mol. The molecule has 0 aliphatic carbocycles. The highest BCUT2D eigenvalue weighted by Gasteiger charge is 2.24. The summed E-state index contributed by atoms with van der Waals surface area (Å²) in [6.45, 7) is 3.68. The van der Waals surface area contributed by atoms with E-state index in [9.17, 15) is 0 Å². The second-order valence-electron chi connectivity index (χ2n) is 7.41. The van der Waals surface area contributed by atoms with E-state index in [1.54, 1.807) is 20.4 Å². The van der Waals surface area contributed by atoms with Crippen LogP contribution in [-0.2, 0) is 6.54 Å². The van der Waals surface area contributed by atoms with Gasteiger partial charge in [-0.3, -0.25) is 9.89 Å². The van der Waals surface area contributed by atoms with Gasteiger partial charge >= 0.3 is 0 Å². The molecule has 2 aromatic rings. The lowest BCUT2D eigenvalue weighted by atomic mass is 10.1. The third kappa shape index (κ3) is 7.35. The Balaban J connectivity index is 0.00000363. The highest BCUT2D eigenvalue weighted by Crippen LogP contribution is 2.28. The molecule has 1 aromatic carbocycles. The summed E-state index contributed by atoms with van der Waals surface area (Å²) in [5.41, 5.74) is 1.04. The van der Waals surface area contributed by atoms with E-state index in [4.69, 9.17) is 20.3 Å². The van der Waals surface area contributed by atoms with Gasteiger partial charge < -0.3 is 24.5 Å². The molecular weight excluding hydrogens is 519 g/mol. The molecule has 0 saturated carbocycles. The van der Waals surface area contributed by atoms with E-state index in [-0.39, 0.29) is 36.6 Å². The Labute approximate surface area is 208 Å². The summed E-state index contributed by atoms with van der Waals surface area (Å²) in [6, 6.07) is 9.97. The minimum absolute atomic E-state index is 0. The van der Waals surface area contributed by atoms with Crippen molar-refractivity contribution < 1.29 is 13.9 Å². The highest BCUT2D eigenvalue weighted by molar-refractivity contribution is 14.0. The van der Waals surface area contributed by atoms with Gasteiger partial charge in [0.2, 0.25) is 0 Å². The number of nitrogens with zero attached hydrogens (tertiary/aromatic N) is 2. The van der Waals surface area contributed by atoms with Crippen LogP contribution in [0.1, 0.15) is 36.6 Å². The first-order valence-corrected chi connectivity index (χ1v) is 10.7. The number of nitrogens with one attached hydrogen (secondary N) is 2. The molecule has 1 aromatic heterocycles. The van der Waals surface area contributed by atoms with Gasteiger partial charge in [0, 0.05) is 20.1 Å². The van der Waals surface area contributed by atoms with Crippen molar-refractivity contribution in [3.63, 3.8) is 0 Å². The Hall–Kier alpha value is -2.38. The van der Waals surface area contributed by atoms with Crippen molar-refractivity contribution in [2.24, 2.45) is 4.99 Å². The van der Waals surface area contributed by atoms with E-state index in [1.807, 2.05) is 30.3 Å². The van der Waals surface area contributed by atoms with Crippen LogP contribution in [0.15, 0.2) is 46.0 Å². The van der Waals surface area contributed by atoms with Crippen LogP contribution in [0.5, 0.6) is 11.5 Å². The maximum atomic E-state index is 5.73. The fourth-order valence-corrected chi connectivity index (χ4v) is 3.78. The molecule has 0 amide bonds. The zero-order valence-electron chi connectivity index (χ0n) is 18.8. The summed E-state index contributed by atoms with van der Waals surface area (Å²) in [6.07, 6.45) is 10.8. The van der Waals surface area contributed by atoms with Crippen molar-refractivity contribution in [1.29, 1.82) is 0 Å². The Kier molecular flexibility index (Phi) is 11.2. The lowest BCUT2D eigenvalue weighted by Crippen LogP contribution is -2.44. The fourth-order valence-electron chi connectivity index (χ4n) is 3.78. The van der Waals surface area contributed by atoms with Gasteiger partial charge in [-0.1, -0.05) is 18.4 Å². The number of methoxy groups -OCH3 is 1. The van der Waals surface area contributed by atoms with Crippen molar-refractivity contribution in [2.45, 2.75) is 31.8 Å². The van der Waals surface area contributed by atoms with Crippen LogP contribution in [-0.4, -0.2) is 51.3 Å². The molecule has 174 valence electrons. The fraction of sp³-hybridized carbons (Fsp3) is 0.458. The van der Waals surface area contributed by atoms with E-state index < -0.39 is 0 Å². The topological polar surface area (TPSA) is 71.3 Å². The number of hydrogen-bond acceptors (Lipinski definition) is 5. The molecule has 1 aliphatic rings. The number of ether oxygens (including phenoxy) is 2. The normalized spacial score (nSPS) is 15.2. The third-order valence-corrected chi connectivity index (χ3v) is 5.39. The van der Waals surface area contributed by atoms with E-state index in [0.717, 1.165) is 30.4 Å². The maximum absolute atomic E-state index is 5.73. The van der Waals surface area contributed by atoms with Crippen molar-refractivity contribution in [3.8, 4) is 23.8 Å². The monoisotopic (exact) mass is 552 g/mol. The van der Waals surface area contributed by atoms with Crippen LogP contribution in [0.4, 0.5) is 0 Å². The van der Waals surface area contributed by atoms with E-state index in [1.165, 1.54) is 19.3 Å². The van der Waals surface area contributed by atoms with Gasteiger partial charge in [0.25, 0.3) is 0 Å². The number of piperidine rings is 1. The summed E-state index contributed by atoms with van der Waals surface area (Å²) in [5.74, 6) is 5.48. The van der Waals surface area contributed by atoms with Crippen molar-refractivity contribution >= 4 is 29.9 Å². The van der Waals surface area contributed by atoms with E-state index in [2.05, 4.69) is 26.4 Å². The molecule has 2 N–H and O–H groups in total. The van der Waals surface area contributed by atoms with Crippen molar-refractivity contribution in [3.05, 3.63) is 47.9 Å². The molecule has 0 bridgehead atoms. The molecule has 1 atom stereocenters. The van der Waals surface area contributed by atoms with Crippen LogP contribution >= 0.6 is 24.0 Å². The lowest BCUT2D eigenvalue weighted by Gasteiger charge is -2.33. The molecule has 1 saturated heterocycles. The van der Waals surface area contributed by atoms with Crippen LogP contribution in [0.2, 0.25) is 0 Å². The first-order chi connectivity index (χ1) is 15.2. The highest BCUT2D eigenvalue weighted by atomic mass is 127. The van der Waals surface area contributed by atoms with Gasteiger partial charge in [-0.05, 0) is 55.8 Å². The Morgan fingerprint density at radius 1 is 1.22 bits per heavy atom. The second-order valence-corrected chi connectivity index (χ2v) is 7.41. The quantitative estimate of drug-likeness (QED) is 0.214. The molecule has 7 nitrogen and oxygen atoms in total. The molecule has 32 heavy (non-hydrogen) atoms. The molecule has 0 spiro atoms. The van der Waals surface area contributed by atoms with E-state index in [0.29, 0.717) is 24.6 Å². The van der Waals surface area contributed by atoms with Crippen LogP contribution in [0.25, 0.3) is 0 Å². The standard InChI is InChI=1S/C24H32N4O3.HI/c1-4-14-30-23-16-19(10-11-22(23)29-3)17-26-24(25-2)27-18-20(21-9-8-15-31-21)28-12-6-5-7-13-28;/h1,8-11,15-16,20H,5-7,12-14,17-18H2,2-3H3,(H2,25,26,27);1H. The first-order valence-electron chi connectivity index (χ1n) is 10.7. The van der Waals surface area contributed by atoms with Crippen molar-refractivity contribution in [1.82, 2.24) is 15.5 Å². The summed E-state index contributed by atoms with van der Waals surface area (Å²) < 4.78 is 16.7. The van der Waals surface area contributed by atoms with Crippen molar-refractivity contribution in [2.75, 3.05) is 40.4 Å². The summed E-state index contributed by atoms with van der Waals surface area (Å²) in [7, 11) is 3.38. The maximum Gasteiger partial charge on any atom is 0.191 e. The minimum atomic E-state index is 0. The number of hydrogen-bond donors (Lipinski definition) is 2. The Morgan fingerprint density at radius 3 is 2.69 bits per heavy atom. The SMILES string of the molecule is C#CCOc1cc(CNC(=NC)NCC(c2ccco2)N2CCCCC2)ccc1OC.I. The summed E-state index contributed by atoms with van der Waals surface area (Å²) in [4.78, 5) is 6.86. The Bertz CT molecular complexity index is 874. The number of aliphatic imine (C=N–C) groups is 1. The zero-order chi connectivity index (χ0) is 21.9. The molecule has 2 heterocycles. The average Bonchev–Trinajstić information content (AvgIpc) is 3.35. The minimum Gasteiger partial charge on any atom is -0.493 e. The first kappa shape index (κ1) is 25.9. The third-order valence-electron chi connectivity index (χ3n) is 5.39. The van der Waals surface area contributed by atoms with Gasteiger partial charge in [-0.15, -0.1) is 30.4 Å². The van der Waals surface area contributed by atoms with Gasteiger partial charge in [0.1, 0.15) is 12.4 Å². The van der Waals surface area contributed by atoms with Crippen LogP contribution in [0, 0.1) is 12.3 Å². The Morgan fingerprint density at radius 2 is 2.03 bits per heavy atom. The number of furan rings is 1. The second kappa shape index (κ2) is 13.9. The number of halogens is 1. The van der Waals surface area contributed by atoms with Gasteiger partial charge in [-0.2, -0.15) is 0 Å². The number of terminal acetylenes is 1. The predicted octanol–water partition coefficient (Wildman–Crippen LogP) is 3.81. The number of likely N-dealkylation sites (tertiary alicyclic amines) is 1.